The van der Waals surface area contributed by atoms with Gasteiger partial charge in [-0.15, -0.1) is 0 Å². The van der Waals surface area contributed by atoms with Crippen LogP contribution < -0.4 is 4.90 Å². The third kappa shape index (κ3) is 3.09. The van der Waals surface area contributed by atoms with Crippen molar-refractivity contribution in [2.45, 2.75) is 0 Å². The lowest BCUT2D eigenvalue weighted by Gasteiger charge is -2.12. The minimum atomic E-state index is 0.599. The lowest BCUT2D eigenvalue weighted by atomic mass is 10.1. The molecule has 4 aromatic rings. The van der Waals surface area contributed by atoms with E-state index in [0.717, 1.165) is 37.8 Å². The summed E-state index contributed by atoms with van der Waals surface area (Å²) in [6.45, 7) is 0. The zero-order chi connectivity index (χ0) is 18.1. The van der Waals surface area contributed by atoms with Crippen LogP contribution in [0.4, 0.5) is 11.4 Å². The summed E-state index contributed by atoms with van der Waals surface area (Å²) in [5.41, 5.74) is 4.32. The molecule has 4 heteroatoms. The number of pyridine rings is 1. The van der Waals surface area contributed by atoms with Gasteiger partial charge in [0, 0.05) is 48.3 Å². The highest BCUT2D eigenvalue weighted by molar-refractivity contribution is 5.95. The van der Waals surface area contributed by atoms with Crippen LogP contribution in [0.25, 0.3) is 21.8 Å². The Labute approximate surface area is 152 Å². The van der Waals surface area contributed by atoms with Gasteiger partial charge >= 0.3 is 0 Å². The van der Waals surface area contributed by atoms with Crippen LogP contribution in [0.5, 0.6) is 0 Å². The predicted molar refractivity (Wildman–Crippen MR) is 108 cm³/mol. The van der Waals surface area contributed by atoms with Gasteiger partial charge in [-0.05, 0) is 36.4 Å². The Morgan fingerprint density at radius 1 is 0.846 bits per heavy atom. The molecule has 0 aliphatic carbocycles. The molecule has 4 rings (SSSR count). The monoisotopic (exact) mass is 341 g/mol. The molecule has 3 aromatic carbocycles. The van der Waals surface area contributed by atoms with Crippen LogP contribution in [0.1, 0.15) is 5.56 Å². The molecular formula is C22H19N3O. The van der Waals surface area contributed by atoms with Gasteiger partial charge in [-0.3, -0.25) is 0 Å². The highest BCUT2D eigenvalue weighted by atomic mass is 16.5. The standard InChI is InChI=1S/C22H19N3O/c1-24(2)19-9-11-20(12-10-19)25(26)15-16-7-8-18-14-17-5-3-4-6-21(17)23-22(18)13-16/h3-15H,1-2H3/b25-15-. The third-order valence-corrected chi connectivity index (χ3v) is 4.43. The van der Waals surface area contributed by atoms with Gasteiger partial charge < -0.3 is 10.1 Å². The minimum absolute atomic E-state index is 0.599. The molecule has 0 saturated heterocycles. The van der Waals surface area contributed by atoms with Crippen LogP contribution in [0.15, 0.2) is 72.8 Å². The Bertz CT molecular complexity index is 1120. The summed E-state index contributed by atoms with van der Waals surface area (Å²) < 4.78 is 0.891. The van der Waals surface area contributed by atoms with E-state index >= 15 is 0 Å². The zero-order valence-corrected chi connectivity index (χ0v) is 14.8. The number of anilines is 1. The van der Waals surface area contributed by atoms with Crippen molar-refractivity contribution in [1.29, 1.82) is 0 Å². The van der Waals surface area contributed by atoms with Gasteiger partial charge in [-0.25, -0.2) is 4.98 Å². The molecule has 0 N–H and O–H groups in total. The fraction of sp³-hybridized carbons (Fsp3) is 0.0909. The van der Waals surface area contributed by atoms with E-state index in [1.807, 2.05) is 79.7 Å². The number of fused-ring (bicyclic) bond motifs is 2. The van der Waals surface area contributed by atoms with Gasteiger partial charge in [0.05, 0.1) is 11.0 Å². The highest BCUT2D eigenvalue weighted by Crippen LogP contribution is 2.21. The SMILES string of the molecule is CN(C)c1ccc(/[N+]([O-])=C/c2ccc3cc4ccccc4nc3c2)cc1. The zero-order valence-electron chi connectivity index (χ0n) is 14.8. The van der Waals surface area contributed by atoms with Crippen LogP contribution >= 0.6 is 0 Å². The van der Waals surface area contributed by atoms with Gasteiger partial charge in [0.25, 0.3) is 0 Å². The Morgan fingerprint density at radius 3 is 2.35 bits per heavy atom. The van der Waals surface area contributed by atoms with Crippen molar-refractivity contribution < 1.29 is 4.74 Å². The first kappa shape index (κ1) is 16.1. The van der Waals surface area contributed by atoms with E-state index in [1.54, 1.807) is 6.21 Å². The summed E-state index contributed by atoms with van der Waals surface area (Å²) in [5, 5.41) is 14.6. The van der Waals surface area contributed by atoms with Gasteiger partial charge in [0.15, 0.2) is 6.21 Å². The Balaban J connectivity index is 1.71. The van der Waals surface area contributed by atoms with Gasteiger partial charge in [-0.1, -0.05) is 24.3 Å². The molecule has 0 radical (unpaired) electrons. The summed E-state index contributed by atoms with van der Waals surface area (Å²) in [6, 6.07) is 23.6. The maximum atomic E-state index is 12.5. The lowest BCUT2D eigenvalue weighted by molar-refractivity contribution is -0.354. The molecular weight excluding hydrogens is 322 g/mol. The Morgan fingerprint density at radius 2 is 1.58 bits per heavy atom. The smallest absolute Gasteiger partial charge is 0.216 e. The normalized spacial score (nSPS) is 11.8. The second kappa shape index (κ2) is 6.48. The molecule has 1 aromatic heterocycles. The number of para-hydroxylation sites is 1. The van der Waals surface area contributed by atoms with Crippen LogP contribution in [0, 0.1) is 5.21 Å². The molecule has 0 unspecified atom stereocenters. The first-order chi connectivity index (χ1) is 12.6. The molecule has 128 valence electrons. The number of benzene rings is 3. The lowest BCUT2D eigenvalue weighted by Crippen LogP contribution is -2.08. The average Bonchev–Trinajstić information content (AvgIpc) is 2.66. The molecule has 0 bridgehead atoms. The molecule has 26 heavy (non-hydrogen) atoms. The van der Waals surface area contributed by atoms with Crippen molar-refractivity contribution in [3.05, 3.63) is 83.6 Å². The summed E-state index contributed by atoms with van der Waals surface area (Å²) in [5.74, 6) is 0. The minimum Gasteiger partial charge on any atom is -0.618 e. The van der Waals surface area contributed by atoms with Crippen molar-refractivity contribution in [3.8, 4) is 0 Å². The van der Waals surface area contributed by atoms with E-state index in [2.05, 4.69) is 12.1 Å². The van der Waals surface area contributed by atoms with E-state index in [1.165, 1.54) is 0 Å². The molecule has 1 heterocycles. The number of hydrogen-bond acceptors (Lipinski definition) is 3. The van der Waals surface area contributed by atoms with Crippen molar-refractivity contribution in [2.24, 2.45) is 0 Å². The molecule has 0 amide bonds. The van der Waals surface area contributed by atoms with E-state index in [4.69, 9.17) is 4.98 Å². The third-order valence-electron chi connectivity index (χ3n) is 4.43. The summed E-state index contributed by atoms with van der Waals surface area (Å²) in [4.78, 5) is 6.71. The van der Waals surface area contributed by atoms with E-state index in [0.29, 0.717) is 5.69 Å². The van der Waals surface area contributed by atoms with Crippen molar-refractivity contribution in [2.75, 3.05) is 19.0 Å². The van der Waals surface area contributed by atoms with E-state index in [9.17, 15) is 5.21 Å². The van der Waals surface area contributed by atoms with Gasteiger partial charge in [0.2, 0.25) is 5.69 Å². The van der Waals surface area contributed by atoms with E-state index in [-0.39, 0.29) is 0 Å². The van der Waals surface area contributed by atoms with Crippen LogP contribution in [-0.2, 0) is 0 Å². The molecule has 0 saturated carbocycles. The first-order valence-electron chi connectivity index (χ1n) is 8.48. The first-order valence-corrected chi connectivity index (χ1v) is 8.48. The fourth-order valence-corrected chi connectivity index (χ4v) is 2.98. The fourth-order valence-electron chi connectivity index (χ4n) is 2.98. The summed E-state index contributed by atoms with van der Waals surface area (Å²) in [7, 11) is 3.95. The summed E-state index contributed by atoms with van der Waals surface area (Å²) >= 11 is 0. The predicted octanol–water partition coefficient (Wildman–Crippen LogP) is 4.71. The Hall–Kier alpha value is -3.40. The second-order valence-electron chi connectivity index (χ2n) is 6.50. The molecule has 0 fully saturated rings. The number of hydrogen-bond donors (Lipinski definition) is 0. The van der Waals surface area contributed by atoms with Crippen LogP contribution in [0.2, 0.25) is 0 Å². The molecule has 0 atom stereocenters. The average molecular weight is 341 g/mol. The van der Waals surface area contributed by atoms with Crippen LogP contribution in [-0.4, -0.2) is 30.0 Å². The van der Waals surface area contributed by atoms with E-state index < -0.39 is 0 Å². The van der Waals surface area contributed by atoms with Gasteiger partial charge in [0.1, 0.15) is 0 Å². The number of rotatable bonds is 3. The Kier molecular flexibility index (Phi) is 4.01. The highest BCUT2D eigenvalue weighted by Gasteiger charge is 2.05. The number of nitrogens with zero attached hydrogens (tertiary/aromatic N) is 3. The molecule has 0 spiro atoms. The number of aromatic nitrogens is 1. The van der Waals surface area contributed by atoms with Crippen LogP contribution in [0.3, 0.4) is 0 Å². The largest absolute Gasteiger partial charge is 0.618 e. The quantitative estimate of drug-likeness (QED) is 0.178. The maximum Gasteiger partial charge on any atom is 0.216 e. The van der Waals surface area contributed by atoms with Crippen molar-refractivity contribution in [3.63, 3.8) is 0 Å². The topological polar surface area (TPSA) is 42.2 Å². The second-order valence-corrected chi connectivity index (χ2v) is 6.50. The molecule has 0 aliphatic heterocycles. The molecule has 0 aliphatic rings. The van der Waals surface area contributed by atoms with Crippen molar-refractivity contribution >= 4 is 39.4 Å². The molecule has 4 nitrogen and oxygen atoms in total. The maximum absolute atomic E-state index is 12.5. The van der Waals surface area contributed by atoms with Gasteiger partial charge in [-0.2, -0.15) is 4.74 Å². The van der Waals surface area contributed by atoms with Crippen molar-refractivity contribution in [1.82, 2.24) is 4.98 Å². The summed E-state index contributed by atoms with van der Waals surface area (Å²) in [6.07, 6.45) is 1.58.